The molecule has 0 saturated carbocycles. The maximum absolute atomic E-state index is 10.8. The van der Waals surface area contributed by atoms with Crippen molar-refractivity contribution in [2.24, 2.45) is 5.92 Å². The number of carbonyl (C=O) groups is 1. The highest BCUT2D eigenvalue weighted by Gasteiger charge is 2.13. The molecule has 1 aromatic rings. The van der Waals surface area contributed by atoms with E-state index in [-0.39, 0.29) is 18.2 Å². The van der Waals surface area contributed by atoms with Gasteiger partial charge in [-0.3, -0.25) is 0 Å². The second kappa shape index (κ2) is 6.25. The van der Waals surface area contributed by atoms with Gasteiger partial charge in [-0.15, -0.1) is 0 Å². The molecule has 1 atom stereocenters. The van der Waals surface area contributed by atoms with Gasteiger partial charge >= 0.3 is 5.97 Å². The fraction of sp³-hybridized carbons (Fsp3) is 0.462. The summed E-state index contributed by atoms with van der Waals surface area (Å²) in [6.07, 6.45) is 0.648. The Hall–Kier alpha value is -1.55. The van der Waals surface area contributed by atoms with Crippen molar-refractivity contribution >= 4 is 11.7 Å². The molecule has 0 aliphatic rings. The Bertz CT molecular complexity index is 377. The molecule has 4 heteroatoms. The Kier molecular flexibility index (Phi) is 4.97. The molecule has 0 saturated heterocycles. The largest absolute Gasteiger partial charge is 0.478 e. The quantitative estimate of drug-likeness (QED) is 0.709. The molecule has 0 aromatic heterocycles. The van der Waals surface area contributed by atoms with Crippen LogP contribution in [-0.2, 0) is 0 Å². The maximum Gasteiger partial charge on any atom is 0.335 e. The molecule has 1 aromatic carbocycles. The number of rotatable bonds is 6. The lowest BCUT2D eigenvalue weighted by atomic mass is 10.0. The lowest BCUT2D eigenvalue weighted by Gasteiger charge is -2.22. The zero-order valence-electron chi connectivity index (χ0n) is 10.2. The third-order valence-electron chi connectivity index (χ3n) is 2.71. The first-order chi connectivity index (χ1) is 8.04. The van der Waals surface area contributed by atoms with Gasteiger partial charge in [0, 0.05) is 18.3 Å². The van der Waals surface area contributed by atoms with E-state index in [4.69, 9.17) is 10.2 Å². The van der Waals surface area contributed by atoms with Gasteiger partial charge in [-0.05, 0) is 30.5 Å². The third kappa shape index (κ3) is 4.07. The van der Waals surface area contributed by atoms with Crippen molar-refractivity contribution < 1.29 is 15.0 Å². The minimum atomic E-state index is -0.933. The summed E-state index contributed by atoms with van der Waals surface area (Å²) < 4.78 is 0. The molecule has 94 valence electrons. The van der Waals surface area contributed by atoms with Crippen LogP contribution in [0.25, 0.3) is 0 Å². The highest BCUT2D eigenvalue weighted by atomic mass is 16.4. The molecule has 0 bridgehead atoms. The van der Waals surface area contributed by atoms with Crippen LogP contribution in [0.15, 0.2) is 24.3 Å². The first-order valence-corrected chi connectivity index (χ1v) is 5.75. The number of aliphatic hydroxyl groups is 1. The lowest BCUT2D eigenvalue weighted by Crippen LogP contribution is -2.26. The van der Waals surface area contributed by atoms with Crippen molar-refractivity contribution in [1.82, 2.24) is 0 Å². The van der Waals surface area contributed by atoms with Crippen molar-refractivity contribution in [2.75, 3.05) is 11.9 Å². The van der Waals surface area contributed by atoms with Gasteiger partial charge in [0.05, 0.1) is 5.56 Å². The molecule has 1 unspecified atom stereocenters. The van der Waals surface area contributed by atoms with Crippen LogP contribution in [-0.4, -0.2) is 28.8 Å². The highest BCUT2D eigenvalue weighted by molar-refractivity contribution is 5.88. The summed E-state index contributed by atoms with van der Waals surface area (Å²) in [6, 6.07) is 6.85. The van der Waals surface area contributed by atoms with Gasteiger partial charge < -0.3 is 15.5 Å². The molecule has 0 amide bonds. The van der Waals surface area contributed by atoms with Gasteiger partial charge in [0.15, 0.2) is 0 Å². The Morgan fingerprint density at radius 3 is 2.65 bits per heavy atom. The van der Waals surface area contributed by atoms with Crippen molar-refractivity contribution in [1.29, 1.82) is 0 Å². The maximum atomic E-state index is 10.8. The van der Waals surface area contributed by atoms with Crippen LogP contribution in [0.2, 0.25) is 0 Å². The van der Waals surface area contributed by atoms with Gasteiger partial charge in [0.25, 0.3) is 0 Å². The predicted molar refractivity (Wildman–Crippen MR) is 67.4 cm³/mol. The van der Waals surface area contributed by atoms with Gasteiger partial charge in [0.2, 0.25) is 0 Å². The molecule has 0 fully saturated rings. The SMILES string of the molecule is CC(C)C(CCO)Nc1cccc(C(=O)O)c1. The van der Waals surface area contributed by atoms with Crippen LogP contribution in [0.3, 0.4) is 0 Å². The van der Waals surface area contributed by atoms with E-state index in [1.807, 2.05) is 6.07 Å². The number of hydrogen-bond acceptors (Lipinski definition) is 3. The van der Waals surface area contributed by atoms with E-state index in [0.29, 0.717) is 12.3 Å². The second-order valence-electron chi connectivity index (χ2n) is 4.39. The summed E-state index contributed by atoms with van der Waals surface area (Å²) in [5, 5.41) is 21.1. The first kappa shape index (κ1) is 13.5. The van der Waals surface area contributed by atoms with Crippen molar-refractivity contribution in [3.05, 3.63) is 29.8 Å². The van der Waals surface area contributed by atoms with E-state index < -0.39 is 5.97 Å². The number of aromatic carboxylic acids is 1. The summed E-state index contributed by atoms with van der Waals surface area (Å²) in [5.74, 6) is -0.562. The van der Waals surface area contributed by atoms with E-state index in [1.165, 1.54) is 0 Å². The molecular weight excluding hydrogens is 218 g/mol. The topological polar surface area (TPSA) is 69.6 Å². The minimum Gasteiger partial charge on any atom is -0.478 e. The molecule has 17 heavy (non-hydrogen) atoms. The summed E-state index contributed by atoms with van der Waals surface area (Å²) in [4.78, 5) is 10.8. The van der Waals surface area contributed by atoms with Crippen molar-refractivity contribution in [3.63, 3.8) is 0 Å². The number of aliphatic hydroxyl groups excluding tert-OH is 1. The Balaban J connectivity index is 2.78. The Morgan fingerprint density at radius 2 is 2.12 bits per heavy atom. The lowest BCUT2D eigenvalue weighted by molar-refractivity contribution is 0.0697. The smallest absolute Gasteiger partial charge is 0.335 e. The van der Waals surface area contributed by atoms with Crippen molar-refractivity contribution in [2.45, 2.75) is 26.3 Å². The van der Waals surface area contributed by atoms with Gasteiger partial charge in [0.1, 0.15) is 0 Å². The number of carboxylic acid groups (broad SMARTS) is 1. The molecule has 3 N–H and O–H groups in total. The van der Waals surface area contributed by atoms with Gasteiger partial charge in [-0.2, -0.15) is 0 Å². The van der Waals surface area contributed by atoms with Crippen LogP contribution in [0.4, 0.5) is 5.69 Å². The molecule has 1 rings (SSSR count). The van der Waals surface area contributed by atoms with Crippen LogP contribution in [0.1, 0.15) is 30.6 Å². The second-order valence-corrected chi connectivity index (χ2v) is 4.39. The number of nitrogens with one attached hydrogen (secondary N) is 1. The van der Waals surface area contributed by atoms with Crippen LogP contribution < -0.4 is 5.32 Å². The van der Waals surface area contributed by atoms with E-state index >= 15 is 0 Å². The molecule has 0 aliphatic heterocycles. The van der Waals surface area contributed by atoms with Crippen molar-refractivity contribution in [3.8, 4) is 0 Å². The summed E-state index contributed by atoms with van der Waals surface area (Å²) >= 11 is 0. The Labute approximate surface area is 101 Å². The predicted octanol–water partition coefficient (Wildman–Crippen LogP) is 2.20. The highest BCUT2D eigenvalue weighted by Crippen LogP contribution is 2.16. The van der Waals surface area contributed by atoms with Gasteiger partial charge in [-0.1, -0.05) is 19.9 Å². The fourth-order valence-electron chi connectivity index (χ4n) is 1.67. The molecule has 4 nitrogen and oxygen atoms in total. The summed E-state index contributed by atoms with van der Waals surface area (Å²) in [5.41, 5.74) is 1.04. The van der Waals surface area contributed by atoms with Crippen LogP contribution >= 0.6 is 0 Å². The Morgan fingerprint density at radius 1 is 1.41 bits per heavy atom. The fourth-order valence-corrected chi connectivity index (χ4v) is 1.67. The third-order valence-corrected chi connectivity index (χ3v) is 2.71. The number of hydrogen-bond donors (Lipinski definition) is 3. The molecule has 0 radical (unpaired) electrons. The molecular formula is C13H19NO3. The zero-order valence-corrected chi connectivity index (χ0v) is 10.2. The van der Waals surface area contributed by atoms with E-state index in [0.717, 1.165) is 5.69 Å². The zero-order chi connectivity index (χ0) is 12.8. The van der Waals surface area contributed by atoms with Gasteiger partial charge in [-0.25, -0.2) is 4.79 Å². The average molecular weight is 237 g/mol. The molecule has 0 spiro atoms. The summed E-state index contributed by atoms with van der Waals surface area (Å²) in [7, 11) is 0. The number of benzene rings is 1. The van der Waals surface area contributed by atoms with Crippen LogP contribution in [0.5, 0.6) is 0 Å². The number of anilines is 1. The van der Waals surface area contributed by atoms with E-state index in [2.05, 4.69) is 19.2 Å². The minimum absolute atomic E-state index is 0.120. The standard InChI is InChI=1S/C13H19NO3/c1-9(2)12(6-7-15)14-11-5-3-4-10(8-11)13(16)17/h3-5,8-9,12,14-15H,6-7H2,1-2H3,(H,16,17). The number of carboxylic acids is 1. The first-order valence-electron chi connectivity index (χ1n) is 5.75. The monoisotopic (exact) mass is 237 g/mol. The van der Waals surface area contributed by atoms with E-state index in [1.54, 1.807) is 18.2 Å². The average Bonchev–Trinajstić information content (AvgIpc) is 2.28. The molecule has 0 aliphatic carbocycles. The van der Waals surface area contributed by atoms with Crippen LogP contribution in [0, 0.1) is 5.92 Å². The normalized spacial score (nSPS) is 12.5. The van der Waals surface area contributed by atoms with E-state index in [9.17, 15) is 4.79 Å². The molecule has 0 heterocycles. The summed E-state index contributed by atoms with van der Waals surface area (Å²) in [6.45, 7) is 4.25.